The lowest BCUT2D eigenvalue weighted by Gasteiger charge is -2.10. The van der Waals surface area contributed by atoms with Gasteiger partial charge in [-0.2, -0.15) is 0 Å². The molecule has 4 aromatic rings. The van der Waals surface area contributed by atoms with Gasteiger partial charge in [-0.05, 0) is 30.3 Å². The Bertz CT molecular complexity index is 1030. The number of hydrogen-bond donors (Lipinski definition) is 0. The first-order valence-electron chi connectivity index (χ1n) is 7.50. The van der Waals surface area contributed by atoms with Gasteiger partial charge in [-0.3, -0.25) is 0 Å². The van der Waals surface area contributed by atoms with Gasteiger partial charge in [0.2, 0.25) is 0 Å². The van der Waals surface area contributed by atoms with Crippen molar-refractivity contribution in [2.75, 3.05) is 0 Å². The summed E-state index contributed by atoms with van der Waals surface area (Å²) < 4.78 is 27.0. The van der Waals surface area contributed by atoms with Crippen molar-refractivity contribution in [3.8, 4) is 22.5 Å². The van der Waals surface area contributed by atoms with Crippen LogP contribution in [-0.2, 0) is 0 Å². The van der Waals surface area contributed by atoms with Crippen LogP contribution in [0, 0.1) is 11.6 Å². The Labute approximate surface area is 137 Å². The Morgan fingerprint density at radius 1 is 0.542 bits per heavy atom. The van der Waals surface area contributed by atoms with Crippen LogP contribution in [0.5, 0.6) is 0 Å². The third kappa shape index (κ3) is 2.52. The number of nitrogens with zero attached hydrogens (tertiary/aromatic N) is 2. The van der Waals surface area contributed by atoms with Crippen molar-refractivity contribution in [2.24, 2.45) is 0 Å². The Balaban J connectivity index is 2.03. The highest BCUT2D eigenvalue weighted by atomic mass is 19.2. The highest BCUT2D eigenvalue weighted by Gasteiger charge is 2.14. The molecule has 1 aromatic heterocycles. The van der Waals surface area contributed by atoms with E-state index in [4.69, 9.17) is 4.98 Å². The van der Waals surface area contributed by atoms with Gasteiger partial charge < -0.3 is 0 Å². The molecule has 0 atom stereocenters. The SMILES string of the molecule is Fc1ccc(-c2nc3ccccc3nc2-c2ccccc2)cc1F. The zero-order chi connectivity index (χ0) is 16.5. The summed E-state index contributed by atoms with van der Waals surface area (Å²) in [5, 5.41) is 0. The van der Waals surface area contributed by atoms with Crippen LogP contribution in [0.2, 0.25) is 0 Å². The standard InChI is InChI=1S/C20H12F2N2/c21-15-11-10-14(12-16(15)22)20-19(13-6-2-1-3-7-13)23-17-8-4-5-9-18(17)24-20/h1-12H. The summed E-state index contributed by atoms with van der Waals surface area (Å²) in [5.41, 5.74) is 3.99. The Hall–Kier alpha value is -3.14. The van der Waals surface area contributed by atoms with Crippen LogP contribution in [-0.4, -0.2) is 9.97 Å². The second kappa shape index (κ2) is 5.81. The fourth-order valence-electron chi connectivity index (χ4n) is 2.64. The molecule has 116 valence electrons. The summed E-state index contributed by atoms with van der Waals surface area (Å²) in [4.78, 5) is 9.34. The Morgan fingerprint density at radius 2 is 1.12 bits per heavy atom. The lowest BCUT2D eigenvalue weighted by atomic mass is 10.0. The van der Waals surface area contributed by atoms with E-state index in [-0.39, 0.29) is 0 Å². The number of para-hydroxylation sites is 2. The maximum Gasteiger partial charge on any atom is 0.159 e. The Kier molecular flexibility index (Phi) is 3.50. The molecule has 0 N–H and O–H groups in total. The molecule has 2 nitrogen and oxygen atoms in total. The van der Waals surface area contributed by atoms with Crippen molar-refractivity contribution >= 4 is 11.0 Å². The molecular formula is C20H12F2N2. The number of aromatic nitrogens is 2. The van der Waals surface area contributed by atoms with Gasteiger partial charge in [-0.25, -0.2) is 18.7 Å². The third-order valence-corrected chi connectivity index (χ3v) is 3.81. The highest BCUT2D eigenvalue weighted by molar-refractivity contribution is 5.86. The van der Waals surface area contributed by atoms with Crippen LogP contribution in [0.4, 0.5) is 8.78 Å². The molecule has 0 radical (unpaired) electrons. The molecule has 0 fully saturated rings. The number of fused-ring (bicyclic) bond motifs is 1. The van der Waals surface area contributed by atoms with Gasteiger partial charge in [0.05, 0.1) is 22.4 Å². The molecule has 0 amide bonds. The van der Waals surface area contributed by atoms with Crippen LogP contribution in [0.25, 0.3) is 33.5 Å². The highest BCUT2D eigenvalue weighted by Crippen LogP contribution is 2.31. The fourth-order valence-corrected chi connectivity index (χ4v) is 2.64. The first-order valence-corrected chi connectivity index (χ1v) is 7.50. The predicted octanol–water partition coefficient (Wildman–Crippen LogP) is 5.24. The van der Waals surface area contributed by atoms with Gasteiger partial charge in [-0.1, -0.05) is 42.5 Å². The van der Waals surface area contributed by atoms with Crippen LogP contribution >= 0.6 is 0 Å². The van der Waals surface area contributed by atoms with Crippen LogP contribution in [0.15, 0.2) is 72.8 Å². The lowest BCUT2D eigenvalue weighted by molar-refractivity contribution is 0.509. The van der Waals surface area contributed by atoms with Gasteiger partial charge in [0.1, 0.15) is 0 Å². The molecule has 0 spiro atoms. The summed E-state index contributed by atoms with van der Waals surface area (Å²) in [6.07, 6.45) is 0. The maximum absolute atomic E-state index is 13.7. The van der Waals surface area contributed by atoms with Gasteiger partial charge >= 0.3 is 0 Å². The molecule has 4 heteroatoms. The predicted molar refractivity (Wildman–Crippen MR) is 90.3 cm³/mol. The molecule has 0 aliphatic heterocycles. The van der Waals surface area contributed by atoms with Crippen LogP contribution in [0.1, 0.15) is 0 Å². The average Bonchev–Trinajstić information content (AvgIpc) is 2.63. The molecule has 4 rings (SSSR count). The molecule has 0 saturated carbocycles. The van der Waals surface area contributed by atoms with E-state index in [0.717, 1.165) is 23.2 Å². The van der Waals surface area contributed by atoms with Gasteiger partial charge in [0.25, 0.3) is 0 Å². The number of halogens is 2. The number of benzene rings is 3. The van der Waals surface area contributed by atoms with Gasteiger partial charge in [0.15, 0.2) is 11.6 Å². The van der Waals surface area contributed by atoms with E-state index in [1.807, 2.05) is 54.6 Å². The molecule has 0 aliphatic rings. The smallest absolute Gasteiger partial charge is 0.159 e. The van der Waals surface area contributed by atoms with E-state index in [2.05, 4.69) is 4.98 Å². The number of hydrogen-bond acceptors (Lipinski definition) is 2. The molecule has 3 aromatic carbocycles. The van der Waals surface area contributed by atoms with Crippen molar-refractivity contribution in [3.05, 3.63) is 84.4 Å². The zero-order valence-electron chi connectivity index (χ0n) is 12.6. The van der Waals surface area contributed by atoms with Crippen molar-refractivity contribution in [3.63, 3.8) is 0 Å². The molecule has 0 aliphatic carbocycles. The quantitative estimate of drug-likeness (QED) is 0.505. The first-order chi connectivity index (χ1) is 11.7. The molecule has 0 unspecified atom stereocenters. The largest absolute Gasteiger partial charge is 0.244 e. The second-order valence-corrected chi connectivity index (χ2v) is 5.40. The van der Waals surface area contributed by atoms with Crippen LogP contribution in [0.3, 0.4) is 0 Å². The minimum Gasteiger partial charge on any atom is -0.244 e. The molecule has 24 heavy (non-hydrogen) atoms. The summed E-state index contributed by atoms with van der Waals surface area (Å²) in [6, 6.07) is 20.8. The minimum atomic E-state index is -0.901. The summed E-state index contributed by atoms with van der Waals surface area (Å²) in [5.74, 6) is -1.78. The average molecular weight is 318 g/mol. The zero-order valence-corrected chi connectivity index (χ0v) is 12.6. The van der Waals surface area contributed by atoms with Gasteiger partial charge in [0, 0.05) is 11.1 Å². The van der Waals surface area contributed by atoms with Crippen molar-refractivity contribution in [2.45, 2.75) is 0 Å². The normalized spacial score (nSPS) is 10.9. The molecule has 0 saturated heterocycles. The lowest BCUT2D eigenvalue weighted by Crippen LogP contribution is -1.96. The maximum atomic E-state index is 13.7. The third-order valence-electron chi connectivity index (χ3n) is 3.81. The summed E-state index contributed by atoms with van der Waals surface area (Å²) >= 11 is 0. The van der Waals surface area contributed by atoms with Crippen molar-refractivity contribution in [1.82, 2.24) is 9.97 Å². The van der Waals surface area contributed by atoms with Crippen LogP contribution < -0.4 is 0 Å². The minimum absolute atomic E-state index is 0.492. The van der Waals surface area contributed by atoms with E-state index < -0.39 is 11.6 Å². The van der Waals surface area contributed by atoms with E-state index in [1.165, 1.54) is 6.07 Å². The Morgan fingerprint density at radius 3 is 1.75 bits per heavy atom. The van der Waals surface area contributed by atoms with E-state index >= 15 is 0 Å². The van der Waals surface area contributed by atoms with E-state index in [9.17, 15) is 8.78 Å². The van der Waals surface area contributed by atoms with E-state index in [1.54, 1.807) is 0 Å². The summed E-state index contributed by atoms with van der Waals surface area (Å²) in [7, 11) is 0. The van der Waals surface area contributed by atoms with E-state index in [0.29, 0.717) is 22.5 Å². The van der Waals surface area contributed by atoms with Gasteiger partial charge in [-0.15, -0.1) is 0 Å². The first kappa shape index (κ1) is 14.5. The molecule has 0 bridgehead atoms. The van der Waals surface area contributed by atoms with Crippen molar-refractivity contribution < 1.29 is 8.78 Å². The topological polar surface area (TPSA) is 25.8 Å². The fraction of sp³-hybridized carbons (Fsp3) is 0. The monoisotopic (exact) mass is 318 g/mol. The molecular weight excluding hydrogens is 306 g/mol. The second-order valence-electron chi connectivity index (χ2n) is 5.40. The number of rotatable bonds is 2. The summed E-state index contributed by atoms with van der Waals surface area (Å²) in [6.45, 7) is 0. The van der Waals surface area contributed by atoms with Crippen molar-refractivity contribution in [1.29, 1.82) is 0 Å². The molecule has 1 heterocycles.